The van der Waals surface area contributed by atoms with Crippen molar-refractivity contribution < 1.29 is 28.7 Å². The smallest absolute Gasteiger partial charge is 0.355 e. The van der Waals surface area contributed by atoms with Crippen molar-refractivity contribution in [2.75, 3.05) is 13.7 Å². The maximum Gasteiger partial charge on any atom is 0.355 e. The van der Waals surface area contributed by atoms with Crippen molar-refractivity contribution >= 4 is 29.8 Å². The molecule has 0 radical (unpaired) electrons. The van der Waals surface area contributed by atoms with Gasteiger partial charge in [0.05, 0.1) is 7.11 Å². The van der Waals surface area contributed by atoms with Crippen LogP contribution in [0.4, 0.5) is 0 Å². The Bertz CT molecular complexity index is 920. The van der Waals surface area contributed by atoms with E-state index in [1.807, 2.05) is 0 Å². The Kier molecular flexibility index (Phi) is 7.67. The van der Waals surface area contributed by atoms with Gasteiger partial charge in [0, 0.05) is 12.5 Å². The van der Waals surface area contributed by atoms with Crippen molar-refractivity contribution in [1.82, 2.24) is 10.6 Å². The second kappa shape index (κ2) is 10.4. The minimum atomic E-state index is -0.906. The van der Waals surface area contributed by atoms with Crippen molar-refractivity contribution in [3.05, 3.63) is 71.4 Å². The molecule has 2 rings (SSSR count). The van der Waals surface area contributed by atoms with E-state index >= 15 is 0 Å². The first-order valence-electron chi connectivity index (χ1n) is 8.58. The Morgan fingerprint density at radius 1 is 0.931 bits per heavy atom. The summed E-state index contributed by atoms with van der Waals surface area (Å²) in [5.74, 6) is -2.26. The summed E-state index contributed by atoms with van der Waals surface area (Å²) < 4.78 is 9.90. The van der Waals surface area contributed by atoms with Crippen molar-refractivity contribution in [1.29, 1.82) is 0 Å². The predicted molar refractivity (Wildman–Crippen MR) is 105 cm³/mol. The summed E-state index contributed by atoms with van der Waals surface area (Å²) in [7, 11) is 1.49. The van der Waals surface area contributed by atoms with E-state index in [0.29, 0.717) is 11.3 Å². The van der Waals surface area contributed by atoms with Gasteiger partial charge in [-0.3, -0.25) is 19.7 Å². The minimum Gasteiger partial charge on any atom is -0.497 e. The van der Waals surface area contributed by atoms with Gasteiger partial charge in [-0.25, -0.2) is 4.79 Å². The lowest BCUT2D eigenvalue weighted by atomic mass is 10.2. The number of methoxy groups -OCH3 is 1. The van der Waals surface area contributed by atoms with Gasteiger partial charge in [-0.2, -0.15) is 0 Å². The minimum absolute atomic E-state index is 0.127. The van der Waals surface area contributed by atoms with Crippen molar-refractivity contribution in [2.24, 2.45) is 0 Å². The van der Waals surface area contributed by atoms with Gasteiger partial charge < -0.3 is 14.8 Å². The van der Waals surface area contributed by atoms with Gasteiger partial charge >= 0.3 is 5.97 Å². The van der Waals surface area contributed by atoms with Gasteiger partial charge in [0.15, 0.2) is 6.61 Å². The second-order valence-electron chi connectivity index (χ2n) is 5.83. The van der Waals surface area contributed by atoms with Crippen molar-refractivity contribution in [3.63, 3.8) is 0 Å². The quantitative estimate of drug-likeness (QED) is 0.544. The predicted octanol–water partition coefficient (Wildman–Crippen LogP) is 1.67. The number of hydrogen-bond acceptors (Lipinski definition) is 6. The van der Waals surface area contributed by atoms with Gasteiger partial charge in [-0.15, -0.1) is 0 Å². The molecule has 0 aliphatic carbocycles. The van der Waals surface area contributed by atoms with Crippen LogP contribution in [0, 0.1) is 0 Å². The number of rotatable bonds is 7. The van der Waals surface area contributed by atoms with Crippen LogP contribution in [0.2, 0.25) is 0 Å². The Hall–Kier alpha value is -3.94. The summed E-state index contributed by atoms with van der Waals surface area (Å²) >= 11 is 0. The molecule has 2 N–H and O–H groups in total. The van der Waals surface area contributed by atoms with Crippen LogP contribution in [-0.2, 0) is 19.1 Å². The number of carbonyl (C=O) groups is 4. The summed E-state index contributed by atoms with van der Waals surface area (Å²) in [4.78, 5) is 47.5. The summed E-state index contributed by atoms with van der Waals surface area (Å²) in [6.07, 6.45) is 1.42. The fourth-order valence-electron chi connectivity index (χ4n) is 2.24. The van der Waals surface area contributed by atoms with E-state index < -0.39 is 30.3 Å². The number of benzene rings is 2. The number of imide groups is 1. The third-order valence-electron chi connectivity index (χ3n) is 3.58. The molecule has 0 spiro atoms. The Balaban J connectivity index is 1.95. The number of carbonyl (C=O) groups excluding carboxylic acids is 4. The van der Waals surface area contributed by atoms with Gasteiger partial charge in [-0.1, -0.05) is 30.3 Å². The molecule has 0 saturated heterocycles. The van der Waals surface area contributed by atoms with Crippen LogP contribution in [0.3, 0.4) is 0 Å². The van der Waals surface area contributed by atoms with Gasteiger partial charge in [-0.05, 0) is 35.9 Å². The number of amides is 3. The molecule has 0 bridgehead atoms. The van der Waals surface area contributed by atoms with Crippen LogP contribution in [0.15, 0.2) is 60.3 Å². The van der Waals surface area contributed by atoms with Crippen molar-refractivity contribution in [2.45, 2.75) is 6.92 Å². The highest BCUT2D eigenvalue weighted by Gasteiger charge is 2.16. The van der Waals surface area contributed by atoms with Crippen LogP contribution < -0.4 is 15.4 Å². The Morgan fingerprint density at radius 3 is 2.17 bits per heavy atom. The Morgan fingerprint density at radius 2 is 1.59 bits per heavy atom. The van der Waals surface area contributed by atoms with Crippen LogP contribution in [-0.4, -0.2) is 37.4 Å². The number of nitrogens with one attached hydrogen (secondary N) is 2. The first kappa shape index (κ1) is 21.4. The summed E-state index contributed by atoms with van der Waals surface area (Å²) in [6, 6.07) is 14.9. The molecule has 8 heteroatoms. The highest BCUT2D eigenvalue weighted by Crippen LogP contribution is 2.11. The van der Waals surface area contributed by atoms with E-state index in [1.165, 1.54) is 32.2 Å². The molecule has 0 fully saturated rings. The molecule has 0 aliphatic rings. The zero-order valence-corrected chi connectivity index (χ0v) is 15.9. The first-order valence-corrected chi connectivity index (χ1v) is 8.58. The maximum absolute atomic E-state index is 12.2. The van der Waals surface area contributed by atoms with Crippen LogP contribution in [0.25, 0.3) is 6.08 Å². The maximum atomic E-state index is 12.2. The lowest BCUT2D eigenvalue weighted by Crippen LogP contribution is -2.35. The van der Waals surface area contributed by atoms with Crippen LogP contribution >= 0.6 is 0 Å². The third-order valence-corrected chi connectivity index (χ3v) is 3.58. The monoisotopic (exact) mass is 396 g/mol. The topological polar surface area (TPSA) is 111 Å². The molecule has 8 nitrogen and oxygen atoms in total. The van der Waals surface area contributed by atoms with E-state index in [1.54, 1.807) is 42.5 Å². The summed E-state index contributed by atoms with van der Waals surface area (Å²) in [6.45, 7) is 0.554. The van der Waals surface area contributed by atoms with Gasteiger partial charge in [0.1, 0.15) is 11.4 Å². The molecule has 0 aromatic heterocycles. The lowest BCUT2D eigenvalue weighted by Gasteiger charge is -2.09. The molecular formula is C21H20N2O6. The fraction of sp³-hybridized carbons (Fsp3) is 0.143. The van der Waals surface area contributed by atoms with E-state index in [2.05, 4.69) is 10.6 Å². The lowest BCUT2D eigenvalue weighted by molar-refractivity contribution is -0.145. The average molecular weight is 396 g/mol. The van der Waals surface area contributed by atoms with E-state index in [9.17, 15) is 19.2 Å². The highest BCUT2D eigenvalue weighted by atomic mass is 16.5. The molecule has 3 amide bonds. The summed E-state index contributed by atoms with van der Waals surface area (Å²) in [5.41, 5.74) is 0.777. The largest absolute Gasteiger partial charge is 0.497 e. The molecule has 2 aromatic carbocycles. The molecule has 29 heavy (non-hydrogen) atoms. The average Bonchev–Trinajstić information content (AvgIpc) is 2.72. The number of hydrogen-bond donors (Lipinski definition) is 2. The SMILES string of the molecule is COc1ccc(C(=O)NC(=O)COC(=O)/C(=C/c2ccccc2)NC(C)=O)cc1. The molecule has 2 aromatic rings. The first-order chi connectivity index (χ1) is 13.9. The van der Waals surface area contributed by atoms with E-state index in [-0.39, 0.29) is 11.3 Å². The second-order valence-corrected chi connectivity index (χ2v) is 5.83. The van der Waals surface area contributed by atoms with E-state index in [0.717, 1.165) is 0 Å². The van der Waals surface area contributed by atoms with E-state index in [4.69, 9.17) is 9.47 Å². The molecule has 0 unspecified atom stereocenters. The Labute approximate surface area is 167 Å². The van der Waals surface area contributed by atoms with Crippen LogP contribution in [0.1, 0.15) is 22.8 Å². The zero-order valence-electron chi connectivity index (χ0n) is 15.9. The molecule has 0 atom stereocenters. The number of ether oxygens (including phenoxy) is 2. The fourth-order valence-corrected chi connectivity index (χ4v) is 2.24. The molecule has 0 aliphatic heterocycles. The molecule has 0 heterocycles. The third kappa shape index (κ3) is 6.94. The van der Waals surface area contributed by atoms with Crippen molar-refractivity contribution in [3.8, 4) is 5.75 Å². The molecular weight excluding hydrogens is 376 g/mol. The summed E-state index contributed by atoms with van der Waals surface area (Å²) in [5, 5.41) is 4.48. The number of esters is 1. The highest BCUT2D eigenvalue weighted by molar-refractivity contribution is 6.06. The van der Waals surface area contributed by atoms with Gasteiger partial charge in [0.25, 0.3) is 11.8 Å². The zero-order chi connectivity index (χ0) is 21.2. The molecule has 0 saturated carbocycles. The van der Waals surface area contributed by atoms with Gasteiger partial charge in [0.2, 0.25) is 5.91 Å². The van der Waals surface area contributed by atoms with Crippen LogP contribution in [0.5, 0.6) is 5.75 Å². The normalized spacial score (nSPS) is 10.6. The standard InChI is InChI=1S/C21H20N2O6/c1-14(24)22-18(12-15-6-4-3-5-7-15)21(27)29-13-19(25)23-20(26)16-8-10-17(28-2)11-9-16/h3-12H,13H2,1-2H3,(H,22,24)(H,23,25,26)/b18-12-. The molecule has 150 valence electrons.